The fraction of sp³-hybridized carbons (Fsp3) is 0.360. The normalized spacial score (nSPS) is 16.1. The van der Waals surface area contributed by atoms with Gasteiger partial charge >= 0.3 is 12.4 Å². The Balaban J connectivity index is 0.000000146. The van der Waals surface area contributed by atoms with Crippen LogP contribution in [0, 0.1) is 6.92 Å². The molecule has 9 N–H and O–H groups in total. The molecule has 27 heteroatoms. The molecule has 2 aliphatic rings. The maximum atomic E-state index is 13.3. The lowest BCUT2D eigenvalue weighted by Crippen LogP contribution is -2.26. The second kappa shape index (κ2) is 31.7. The average Bonchev–Trinajstić information content (AvgIpc) is 1.64. The van der Waals surface area contributed by atoms with Gasteiger partial charge in [0.15, 0.2) is 12.5 Å². The first-order valence-electron chi connectivity index (χ1n) is 33.7. The number of aromatic nitrogens is 9. The minimum absolute atomic E-state index is 0.0318. The summed E-state index contributed by atoms with van der Waals surface area (Å²) in [5.41, 5.74) is 20.6. The number of halogens is 7. The van der Waals surface area contributed by atoms with E-state index < -0.39 is 23.5 Å². The molecule has 3 aromatic carbocycles. The number of thiophene rings is 3. The summed E-state index contributed by atoms with van der Waals surface area (Å²) in [6.45, 7) is 21.8. The topological polar surface area (TPSA) is 222 Å². The number of ether oxygens (including phenoxy) is 2. The summed E-state index contributed by atoms with van der Waals surface area (Å²) in [6.07, 6.45) is 2.88. The second-order valence-corrected chi connectivity index (χ2v) is 31.5. The second-order valence-electron chi connectivity index (χ2n) is 27.5. The number of nitrogens with zero attached hydrogens (tertiary/aromatic N) is 8. The molecule has 12 aromatic rings. The van der Waals surface area contributed by atoms with Crippen LogP contribution in [-0.2, 0) is 21.8 Å². The van der Waals surface area contributed by atoms with Crippen molar-refractivity contribution in [3.05, 3.63) is 184 Å². The Bertz CT molecular complexity index is 4790. The molecule has 0 amide bonds. The Morgan fingerprint density at radius 1 is 0.549 bits per heavy atom. The molecule has 0 bridgehead atoms. The summed E-state index contributed by atoms with van der Waals surface area (Å²) in [6, 6.07) is 36.1. The molecule has 11 heterocycles. The monoisotopic (exact) mass is 1520 g/mol. The van der Waals surface area contributed by atoms with Gasteiger partial charge in [-0.05, 0) is 207 Å². The SMILES string of the molecule is CC(C)(C)Nc1cc(Br)c2sc(-c3ccnn3C3CCCCO3)cc2n1.C[C@H](Nc1cc(N)nc2cc(-c3ccn[nH]3)sc12)c1cccc(C(F)(F)F)c1.C[C@H](Nc1cc(NC(C)(C)C)nc2cc(-c3ccnn3C3CCCCO3)sc12)c1cccc(C(F)(F)F)c1.Cc1cccc([C@H](C)N)c1. The van der Waals surface area contributed by atoms with Crippen molar-refractivity contribution in [3.8, 4) is 31.7 Å². The van der Waals surface area contributed by atoms with Gasteiger partial charge in [-0.15, -0.1) is 34.0 Å². The minimum atomic E-state index is -4.39. The molecule has 17 nitrogen and oxygen atoms in total. The van der Waals surface area contributed by atoms with E-state index in [0.717, 1.165) is 142 Å². The van der Waals surface area contributed by atoms with Crippen LogP contribution in [0.3, 0.4) is 0 Å². The zero-order valence-corrected chi connectivity index (χ0v) is 62.4. The van der Waals surface area contributed by atoms with Crippen molar-refractivity contribution in [1.29, 1.82) is 0 Å². The average molecular weight is 1520 g/mol. The van der Waals surface area contributed by atoms with Gasteiger partial charge < -0.3 is 42.2 Å². The van der Waals surface area contributed by atoms with E-state index in [0.29, 0.717) is 28.3 Å². The number of H-pyrrole nitrogens is 1. The highest BCUT2D eigenvalue weighted by Crippen LogP contribution is 2.44. The van der Waals surface area contributed by atoms with E-state index in [1.165, 1.54) is 47.1 Å². The van der Waals surface area contributed by atoms with Crippen molar-refractivity contribution in [2.75, 3.05) is 40.2 Å². The number of nitrogen functional groups attached to an aromatic ring is 1. The number of aryl methyl sites for hydroxylation is 1. The number of nitrogens with one attached hydrogen (secondary N) is 5. The number of nitrogens with two attached hydrogens (primary N) is 2. The van der Waals surface area contributed by atoms with E-state index >= 15 is 0 Å². The summed E-state index contributed by atoms with van der Waals surface area (Å²) >= 11 is 8.53. The van der Waals surface area contributed by atoms with Gasteiger partial charge in [-0.3, -0.25) is 5.10 Å². The van der Waals surface area contributed by atoms with E-state index in [-0.39, 0.29) is 41.7 Å². The van der Waals surface area contributed by atoms with Crippen LogP contribution in [-0.4, -0.2) is 69.0 Å². The van der Waals surface area contributed by atoms with Crippen LogP contribution < -0.4 is 32.7 Å². The zero-order chi connectivity index (χ0) is 72.8. The fourth-order valence-corrected chi connectivity index (χ4v) is 15.6. The Labute approximate surface area is 609 Å². The molecule has 2 saturated heterocycles. The molecule has 5 atom stereocenters. The van der Waals surface area contributed by atoms with Crippen molar-refractivity contribution in [3.63, 3.8) is 0 Å². The van der Waals surface area contributed by atoms with E-state index in [4.69, 9.17) is 30.9 Å². The van der Waals surface area contributed by atoms with Gasteiger partial charge in [-0.25, -0.2) is 24.3 Å². The van der Waals surface area contributed by atoms with Crippen molar-refractivity contribution < 1.29 is 35.8 Å². The number of hydrogen-bond donors (Lipinski definition) is 7. The molecule has 0 saturated carbocycles. The van der Waals surface area contributed by atoms with Gasteiger partial charge in [-0.1, -0.05) is 54.1 Å². The Morgan fingerprint density at radius 3 is 1.49 bits per heavy atom. The van der Waals surface area contributed by atoms with Crippen LogP contribution in [0.5, 0.6) is 0 Å². The minimum Gasteiger partial charge on any atom is -0.384 e. The Morgan fingerprint density at radius 2 is 1.02 bits per heavy atom. The summed E-state index contributed by atoms with van der Waals surface area (Å²) in [5, 5.41) is 29.6. The summed E-state index contributed by atoms with van der Waals surface area (Å²) in [4.78, 5) is 17.1. The third-order valence-electron chi connectivity index (χ3n) is 16.6. The van der Waals surface area contributed by atoms with Gasteiger partial charge in [0.05, 0.1) is 84.9 Å². The third kappa shape index (κ3) is 19.0. The first-order valence-corrected chi connectivity index (χ1v) is 37.0. The van der Waals surface area contributed by atoms with Gasteiger partial charge in [0.1, 0.15) is 17.5 Å². The molecule has 2 aliphatic heterocycles. The first kappa shape index (κ1) is 74.7. The molecule has 102 heavy (non-hydrogen) atoms. The summed E-state index contributed by atoms with van der Waals surface area (Å²) in [7, 11) is 0. The molecule has 0 radical (unpaired) electrons. The highest BCUT2D eigenvalue weighted by atomic mass is 79.9. The van der Waals surface area contributed by atoms with Crippen molar-refractivity contribution in [2.45, 2.75) is 162 Å². The fourth-order valence-electron chi connectivity index (χ4n) is 11.8. The van der Waals surface area contributed by atoms with Gasteiger partial charge in [0.2, 0.25) is 0 Å². The summed E-state index contributed by atoms with van der Waals surface area (Å²) < 4.78 is 98.9. The standard InChI is InChI=1S/C28H32F3N5OS.C19H23BrN4OS.C19H16F3N5S.C9H13N/c1-17(18-8-7-9-19(14-18)28(29,30)31)33-21-16-24(35-27(2,3)4)34-20-15-23(38-26(20)21)22-11-12-32-36(22)25-10-5-6-13-37-25;1-19(2,3)23-16-10-12(20)18-13(22-16)11-15(26-18)14-7-8-21-24(14)17-6-4-5-9-25-17;1-10(11-3-2-4-12(7-11)19(20,21)22)25-15-9-17(23)26-14-8-16(28-18(14)15)13-5-6-24-27-13;1-7-4-3-5-9(6-7)8(2)10/h7-9,11-12,14-17,25H,5-6,10,13H2,1-4H3,(H2,33,34,35);7-8,10-11,17H,4-6,9H2,1-3H3,(H,22,23);2-10H,1H3,(H,24,27)(H3,23,25,26);3-6,8H,10H2,1-2H3/t17-,25?;;10-;8-/m0.00/s1. The van der Waals surface area contributed by atoms with Crippen molar-refractivity contribution in [1.82, 2.24) is 44.7 Å². The zero-order valence-electron chi connectivity index (χ0n) is 58.3. The molecule has 9 aromatic heterocycles. The summed E-state index contributed by atoms with van der Waals surface area (Å²) in [5.74, 6) is 1.91. The van der Waals surface area contributed by atoms with E-state index in [1.54, 1.807) is 60.2 Å². The van der Waals surface area contributed by atoms with Crippen LogP contribution in [0.4, 0.5) is 55.2 Å². The molecule has 14 rings (SSSR count). The highest BCUT2D eigenvalue weighted by molar-refractivity contribution is 9.10. The van der Waals surface area contributed by atoms with E-state index in [2.05, 4.69) is 147 Å². The maximum Gasteiger partial charge on any atom is 0.416 e. The van der Waals surface area contributed by atoms with Gasteiger partial charge in [-0.2, -0.15) is 41.6 Å². The van der Waals surface area contributed by atoms with Crippen LogP contribution in [0.1, 0.15) is 165 Å². The van der Waals surface area contributed by atoms with Crippen LogP contribution >= 0.6 is 49.9 Å². The lowest BCUT2D eigenvalue weighted by Gasteiger charge is -2.24. The number of benzene rings is 3. The number of fused-ring (bicyclic) bond motifs is 3. The number of anilines is 5. The van der Waals surface area contributed by atoms with E-state index in [1.807, 2.05) is 65.8 Å². The van der Waals surface area contributed by atoms with Gasteiger partial charge in [0.25, 0.3) is 0 Å². The lowest BCUT2D eigenvalue weighted by molar-refractivity contribution is -0.138. The molecule has 0 aliphatic carbocycles. The van der Waals surface area contributed by atoms with Crippen molar-refractivity contribution in [2.24, 2.45) is 5.73 Å². The number of hydrogen-bond acceptors (Lipinski definition) is 17. The maximum absolute atomic E-state index is 13.3. The molecule has 2 fully saturated rings. The number of pyridine rings is 3. The highest BCUT2D eigenvalue weighted by Gasteiger charge is 2.33. The smallest absolute Gasteiger partial charge is 0.384 e. The molecule has 0 spiro atoms. The third-order valence-corrected chi connectivity index (χ3v) is 21.1. The van der Waals surface area contributed by atoms with Crippen LogP contribution in [0.15, 0.2) is 150 Å². The number of alkyl halides is 6. The Hall–Kier alpha value is -8.44. The number of aromatic amines is 1. The molecular weight excluding hydrogens is 1430 g/mol. The first-order chi connectivity index (χ1) is 48.4. The van der Waals surface area contributed by atoms with Crippen LogP contribution in [0.2, 0.25) is 0 Å². The largest absolute Gasteiger partial charge is 0.416 e. The number of rotatable bonds is 14. The van der Waals surface area contributed by atoms with E-state index in [9.17, 15) is 26.3 Å². The molecular formula is C75H84BrF6N15O2S3. The lowest BCUT2D eigenvalue weighted by atomic mass is 10.0. The molecule has 538 valence electrons. The Kier molecular flexibility index (Phi) is 23.2. The molecule has 2 unspecified atom stereocenters. The van der Waals surface area contributed by atoms with Crippen molar-refractivity contribution >= 4 is 109 Å². The van der Waals surface area contributed by atoms with Gasteiger partial charge in [0, 0.05) is 77.6 Å². The van der Waals surface area contributed by atoms with Crippen LogP contribution in [0.25, 0.3) is 62.4 Å². The predicted molar refractivity (Wildman–Crippen MR) is 406 cm³/mol. The predicted octanol–water partition coefficient (Wildman–Crippen LogP) is 21.6. The quantitative estimate of drug-likeness (QED) is 0.0504.